The van der Waals surface area contributed by atoms with Gasteiger partial charge in [0, 0.05) is 0 Å². The predicted molar refractivity (Wildman–Crippen MR) is 81.5 cm³/mol. The van der Waals surface area contributed by atoms with Crippen molar-refractivity contribution in [3.8, 4) is 0 Å². The first-order valence-electron chi connectivity index (χ1n) is 6.68. The van der Waals surface area contributed by atoms with E-state index in [4.69, 9.17) is 0 Å². The molecule has 21 heavy (non-hydrogen) atoms. The molecule has 3 nitrogen and oxygen atoms in total. The summed E-state index contributed by atoms with van der Waals surface area (Å²) in [6, 6.07) is 17.6. The van der Waals surface area contributed by atoms with Crippen molar-refractivity contribution in [1.29, 1.82) is 0 Å². The lowest BCUT2D eigenvalue weighted by atomic mass is 10.1. The van der Waals surface area contributed by atoms with Gasteiger partial charge in [0.05, 0.1) is 4.90 Å². The highest BCUT2D eigenvalue weighted by atomic mass is 32.2. The van der Waals surface area contributed by atoms with E-state index in [0.717, 1.165) is 11.1 Å². The molecule has 0 amide bonds. The average molecular weight is 298 g/mol. The van der Waals surface area contributed by atoms with Crippen molar-refractivity contribution < 1.29 is 13.2 Å². The number of rotatable bonds is 3. The van der Waals surface area contributed by atoms with E-state index in [1.54, 1.807) is 18.2 Å². The second kappa shape index (κ2) is 5.30. The number of carbonyl (C=O) groups is 1. The van der Waals surface area contributed by atoms with Crippen LogP contribution in [0, 0.1) is 0 Å². The second-order valence-electron chi connectivity index (χ2n) is 4.99. The van der Waals surface area contributed by atoms with Crippen LogP contribution in [-0.4, -0.2) is 19.5 Å². The molecule has 0 spiro atoms. The topological polar surface area (TPSA) is 51.2 Å². The first-order valence-corrected chi connectivity index (χ1v) is 8.22. The van der Waals surface area contributed by atoms with Crippen molar-refractivity contribution >= 4 is 21.2 Å². The summed E-state index contributed by atoms with van der Waals surface area (Å²) in [5.41, 5.74) is 1.68. The van der Waals surface area contributed by atoms with Crippen LogP contribution in [0.2, 0.25) is 0 Å². The molecule has 0 saturated heterocycles. The lowest BCUT2D eigenvalue weighted by Gasteiger charge is -2.11. The first kappa shape index (κ1) is 13.8. The molecule has 1 aliphatic carbocycles. The van der Waals surface area contributed by atoms with Crippen LogP contribution in [0.1, 0.15) is 12.0 Å². The Morgan fingerprint density at radius 2 is 1.43 bits per heavy atom. The molecule has 0 N–H and O–H groups in total. The van der Waals surface area contributed by atoms with E-state index in [-0.39, 0.29) is 17.1 Å². The Morgan fingerprint density at radius 3 is 2.05 bits per heavy atom. The highest BCUT2D eigenvalue weighted by molar-refractivity contribution is 7.92. The Hall–Kier alpha value is -2.20. The number of benzene rings is 2. The third-order valence-electron chi connectivity index (χ3n) is 3.63. The zero-order valence-electron chi connectivity index (χ0n) is 11.3. The predicted octanol–water partition coefficient (Wildman–Crippen LogP) is 2.89. The molecule has 0 saturated carbocycles. The minimum Gasteiger partial charge on any atom is -0.293 e. The Morgan fingerprint density at radius 1 is 0.857 bits per heavy atom. The van der Waals surface area contributed by atoms with Crippen LogP contribution in [0.25, 0.3) is 5.57 Å². The second-order valence-corrected chi connectivity index (χ2v) is 7.12. The summed E-state index contributed by atoms with van der Waals surface area (Å²) in [5, 5.41) is -1.00. The number of ketones is 1. The Labute approximate surface area is 123 Å². The van der Waals surface area contributed by atoms with Gasteiger partial charge in [0.2, 0.25) is 0 Å². The van der Waals surface area contributed by atoms with Crippen LogP contribution in [-0.2, 0) is 14.6 Å². The Balaban J connectivity index is 1.92. The van der Waals surface area contributed by atoms with E-state index < -0.39 is 15.1 Å². The summed E-state index contributed by atoms with van der Waals surface area (Å²) < 4.78 is 25.1. The molecule has 0 aromatic heterocycles. The summed E-state index contributed by atoms with van der Waals surface area (Å²) in [6.45, 7) is 0. The number of allylic oxidation sites excluding steroid dienone is 2. The Bertz CT molecular complexity index is 790. The molecule has 1 atom stereocenters. The van der Waals surface area contributed by atoms with Gasteiger partial charge in [-0.25, -0.2) is 8.42 Å². The van der Waals surface area contributed by atoms with E-state index in [0.29, 0.717) is 0 Å². The molecule has 1 unspecified atom stereocenters. The van der Waals surface area contributed by atoms with Crippen molar-refractivity contribution in [2.45, 2.75) is 16.6 Å². The van der Waals surface area contributed by atoms with E-state index >= 15 is 0 Å². The lowest BCUT2D eigenvalue weighted by Crippen LogP contribution is -2.25. The maximum Gasteiger partial charge on any atom is 0.188 e. The van der Waals surface area contributed by atoms with Gasteiger partial charge < -0.3 is 0 Å². The maximum atomic E-state index is 12.6. The van der Waals surface area contributed by atoms with Gasteiger partial charge in [0.15, 0.2) is 15.6 Å². The van der Waals surface area contributed by atoms with Gasteiger partial charge in [0.25, 0.3) is 0 Å². The highest BCUT2D eigenvalue weighted by Gasteiger charge is 2.37. The fraction of sp³-hybridized carbons (Fsp3) is 0.118. The van der Waals surface area contributed by atoms with Crippen LogP contribution >= 0.6 is 0 Å². The van der Waals surface area contributed by atoms with Gasteiger partial charge in [-0.15, -0.1) is 0 Å². The number of hydrogen-bond donors (Lipinski definition) is 0. The fourth-order valence-electron chi connectivity index (χ4n) is 2.51. The van der Waals surface area contributed by atoms with Crippen molar-refractivity contribution in [3.63, 3.8) is 0 Å². The molecule has 106 valence electrons. The largest absolute Gasteiger partial charge is 0.293 e. The third kappa shape index (κ3) is 2.54. The number of sulfone groups is 1. The van der Waals surface area contributed by atoms with Crippen LogP contribution < -0.4 is 0 Å². The monoisotopic (exact) mass is 298 g/mol. The lowest BCUT2D eigenvalue weighted by molar-refractivity contribution is -0.113. The minimum absolute atomic E-state index is 0.200. The molecular formula is C17H14O3S. The quantitative estimate of drug-likeness (QED) is 0.875. The molecule has 1 aliphatic rings. The summed E-state index contributed by atoms with van der Waals surface area (Å²) in [4.78, 5) is 12.3. The van der Waals surface area contributed by atoms with E-state index in [2.05, 4.69) is 0 Å². The van der Waals surface area contributed by atoms with Crippen molar-refractivity contribution in [1.82, 2.24) is 0 Å². The van der Waals surface area contributed by atoms with Crippen LogP contribution in [0.15, 0.2) is 71.6 Å². The van der Waals surface area contributed by atoms with E-state index in [9.17, 15) is 13.2 Å². The molecule has 2 aromatic rings. The zero-order valence-corrected chi connectivity index (χ0v) is 12.1. The molecule has 0 heterocycles. The van der Waals surface area contributed by atoms with Gasteiger partial charge in [-0.1, -0.05) is 48.5 Å². The van der Waals surface area contributed by atoms with Crippen LogP contribution in [0.5, 0.6) is 0 Å². The molecule has 2 aromatic carbocycles. The minimum atomic E-state index is -3.63. The smallest absolute Gasteiger partial charge is 0.188 e. The Kier molecular flexibility index (Phi) is 3.47. The number of carbonyl (C=O) groups excluding carboxylic acids is 1. The summed E-state index contributed by atoms with van der Waals surface area (Å²) in [6.07, 6.45) is 1.70. The molecule has 0 radical (unpaired) electrons. The van der Waals surface area contributed by atoms with Crippen molar-refractivity contribution in [2.75, 3.05) is 0 Å². The summed E-state index contributed by atoms with van der Waals surface area (Å²) >= 11 is 0. The van der Waals surface area contributed by atoms with Gasteiger partial charge in [-0.3, -0.25) is 4.79 Å². The molecule has 4 heteroatoms. The maximum absolute atomic E-state index is 12.6. The average Bonchev–Trinajstić information content (AvgIpc) is 2.92. The molecule has 3 rings (SSSR count). The zero-order chi connectivity index (χ0) is 14.9. The molecular weight excluding hydrogens is 284 g/mol. The van der Waals surface area contributed by atoms with Gasteiger partial charge in [-0.2, -0.15) is 0 Å². The first-order chi connectivity index (χ1) is 10.1. The van der Waals surface area contributed by atoms with Gasteiger partial charge in [-0.05, 0) is 35.8 Å². The van der Waals surface area contributed by atoms with Crippen molar-refractivity contribution in [3.05, 3.63) is 72.3 Å². The van der Waals surface area contributed by atoms with Crippen LogP contribution in [0.4, 0.5) is 0 Å². The van der Waals surface area contributed by atoms with Crippen molar-refractivity contribution in [2.24, 2.45) is 0 Å². The number of hydrogen-bond acceptors (Lipinski definition) is 3. The third-order valence-corrected chi connectivity index (χ3v) is 5.71. The highest BCUT2D eigenvalue weighted by Crippen LogP contribution is 2.32. The van der Waals surface area contributed by atoms with Gasteiger partial charge >= 0.3 is 0 Å². The van der Waals surface area contributed by atoms with Crippen LogP contribution in [0.3, 0.4) is 0 Å². The van der Waals surface area contributed by atoms with E-state index in [1.165, 1.54) is 18.2 Å². The molecule has 0 aliphatic heterocycles. The normalized spacial score (nSPS) is 18.6. The molecule has 0 bridgehead atoms. The summed E-state index contributed by atoms with van der Waals surface area (Å²) in [5.74, 6) is -0.335. The van der Waals surface area contributed by atoms with Gasteiger partial charge in [0.1, 0.15) is 5.25 Å². The standard InChI is InChI=1S/C17H14O3S/c18-16-11-14(13-7-3-1-4-8-13)12-17(16)21(19,20)15-9-5-2-6-10-15/h1-11,17H,12H2. The molecule has 0 fully saturated rings. The summed E-state index contributed by atoms with van der Waals surface area (Å²) in [7, 11) is -3.63. The van der Waals surface area contributed by atoms with E-state index in [1.807, 2.05) is 30.3 Å². The fourth-order valence-corrected chi connectivity index (χ4v) is 4.15. The SMILES string of the molecule is O=C1C=C(c2ccccc2)CC1S(=O)(=O)c1ccccc1.